The molecule has 6 aromatic carbocycles. The number of nitrogens with one attached hydrogen (secondary N) is 3. The van der Waals surface area contributed by atoms with Gasteiger partial charge in [-0.2, -0.15) is 11.8 Å². The molecular formula is C75H60As3N3O20S3. The molecule has 6 aliphatic heterocycles. The van der Waals surface area contributed by atoms with E-state index >= 15 is 0 Å². The van der Waals surface area contributed by atoms with Crippen LogP contribution in [-0.4, -0.2) is 147 Å². The summed E-state index contributed by atoms with van der Waals surface area (Å²) in [6.45, 7) is 5.01. The minimum absolute atomic E-state index is 0.00224. The third kappa shape index (κ3) is 13.8. The second-order valence-electron chi connectivity index (χ2n) is 24.5. The van der Waals surface area contributed by atoms with Crippen LogP contribution in [0.1, 0.15) is 73.4 Å². The van der Waals surface area contributed by atoms with Gasteiger partial charge in [0.1, 0.15) is 0 Å². The molecular weight excluding hydrogens is 1580 g/mol. The van der Waals surface area contributed by atoms with Gasteiger partial charge < -0.3 is 10.6 Å². The van der Waals surface area contributed by atoms with Crippen molar-refractivity contribution in [3.8, 4) is 84.6 Å². The summed E-state index contributed by atoms with van der Waals surface area (Å²) in [6, 6.07) is 36.3. The molecule has 0 unspecified atom stereocenters. The number of rotatable bonds is 15. The first-order valence-electron chi connectivity index (χ1n) is 32.2. The Bertz CT molecular complexity index is 5640. The van der Waals surface area contributed by atoms with E-state index in [1.54, 1.807) is 112 Å². The maximum absolute atomic E-state index is 13.2. The number of aromatic carboxylic acids is 3. The number of urea groups is 1. The van der Waals surface area contributed by atoms with E-state index in [1.165, 1.54) is 48.5 Å². The number of hydrogen-bond acceptors (Lipinski definition) is 20. The Labute approximate surface area is 616 Å². The molecule has 23 nitrogen and oxygen atoms in total. The second-order valence-corrected chi connectivity index (χ2v) is 40.9. The molecule has 0 spiro atoms. The fourth-order valence-electron chi connectivity index (χ4n) is 13.3. The number of carbonyl (C=O) groups is 5. The summed E-state index contributed by atoms with van der Waals surface area (Å²) < 4.78 is 50.4. The molecule has 6 aromatic rings. The number of carboxylic acids is 3. The third-order valence-corrected chi connectivity index (χ3v) is 36.5. The summed E-state index contributed by atoms with van der Waals surface area (Å²) in [4.78, 5) is 98.6. The minimum atomic E-state index is -3.63. The van der Waals surface area contributed by atoms with Crippen molar-refractivity contribution in [1.29, 1.82) is 0 Å². The summed E-state index contributed by atoms with van der Waals surface area (Å²) in [6.07, 6.45) is 2.71. The van der Waals surface area contributed by atoms with Crippen molar-refractivity contribution < 1.29 is 79.8 Å². The predicted molar refractivity (Wildman–Crippen MR) is 403 cm³/mol. The van der Waals surface area contributed by atoms with E-state index < -0.39 is 72.1 Å². The number of carboxylic acid groups (broad SMARTS) is 3. The van der Waals surface area contributed by atoms with Gasteiger partial charge in [0.2, 0.25) is 0 Å². The van der Waals surface area contributed by atoms with E-state index in [9.17, 15) is 80.9 Å². The van der Waals surface area contributed by atoms with Crippen LogP contribution in [0, 0.1) is 20.8 Å². The summed E-state index contributed by atoms with van der Waals surface area (Å²) in [7, 11) is 3.64. The number of amides is 3. The van der Waals surface area contributed by atoms with E-state index in [-0.39, 0.29) is 89.2 Å². The van der Waals surface area contributed by atoms with Crippen LogP contribution >= 0.6 is 31.8 Å². The molecule has 0 bridgehead atoms. The number of aryl methyl sites for hydroxylation is 3. The molecule has 29 heteroatoms. The van der Waals surface area contributed by atoms with Gasteiger partial charge in [-0.25, -0.2) is 4.79 Å². The van der Waals surface area contributed by atoms with Gasteiger partial charge in [0.25, 0.3) is 0 Å². The summed E-state index contributed by atoms with van der Waals surface area (Å²) in [5.41, 5.74) is 6.10. The van der Waals surface area contributed by atoms with Crippen LogP contribution in [0.2, 0.25) is 0 Å². The molecule has 11 N–H and O–H groups in total. The van der Waals surface area contributed by atoms with Crippen LogP contribution < -0.4 is 45.3 Å². The molecule has 3 atom stereocenters. The molecule has 15 rings (SSSR count). The number of anilines is 1. The molecule has 104 heavy (non-hydrogen) atoms. The van der Waals surface area contributed by atoms with E-state index in [4.69, 9.17) is 13.3 Å². The second kappa shape index (κ2) is 30.2. The van der Waals surface area contributed by atoms with E-state index in [0.717, 1.165) is 30.1 Å². The van der Waals surface area contributed by atoms with Gasteiger partial charge >= 0.3 is 559 Å². The molecule has 3 saturated heterocycles. The Hall–Kier alpha value is -9.61. The topological polar surface area (TPSA) is 391 Å². The monoisotopic (exact) mass is 1640 g/mol. The zero-order chi connectivity index (χ0) is 73.7. The first kappa shape index (κ1) is 72.7. The van der Waals surface area contributed by atoms with Gasteiger partial charge in [-0.3, -0.25) is 0 Å². The van der Waals surface area contributed by atoms with Gasteiger partial charge in [0.05, 0.1) is 12.1 Å². The molecule has 3 amide bonds. The molecule has 0 aromatic heterocycles. The number of phenolic OH excluding ortho intramolecular Hbond substituents is 3. The van der Waals surface area contributed by atoms with Gasteiger partial charge in [-0.15, -0.1) is 0 Å². The fourth-order valence-corrected chi connectivity index (χ4v) is 31.8. The number of hydrogen-bond donors (Lipinski definition) is 11. The molecule has 6 heterocycles. The number of unbranched alkanes of at least 4 members (excludes halogenated alkanes) is 1. The van der Waals surface area contributed by atoms with E-state index in [1.807, 2.05) is 31.8 Å². The standard InChI is InChI=1S/C33H32AsN3O7S3.C21H15AsO7.C21H13AsO6/c1-16-23(38)10-8-19-27(20-9-11-24(39)28(31(20)44-30(16)19)34-46-12-13-47-34)18-7-6-17(14-21(18)32(41)42)35-26(40)5-3-2-4-25-29-22(15-45-25)36-33(43)37-29;1-10-15(23)8-6-13-17(11-4-2-3-5-12(11)21(25)26)14-7-9-16(24)18(22(27)28)20(14)29-19(10)13;1-10-15(23)8-6-13-17(11-4-2-3-5-12(11)21(25)26)14-7-9-16(24)18(22-27)20(14)28-19(10)13/h6-11,14,22,25,29,38H,2-5,12-13,15H2,1H3,(H,35,40)(H,41,42)(H2,36,37,43);2-9,23,27-28H,1H3,(H,25,26);2-9,23H,1H3,(H,25,26)/t22-,25-,29-;;/m0../s1. The summed E-state index contributed by atoms with van der Waals surface area (Å²) in [5, 5.41) is 71.4. The van der Waals surface area contributed by atoms with Gasteiger partial charge in [-0.05, 0) is 6.42 Å². The van der Waals surface area contributed by atoms with Crippen molar-refractivity contribution in [2.75, 3.05) is 22.6 Å². The van der Waals surface area contributed by atoms with Crippen molar-refractivity contribution in [3.05, 3.63) is 204 Å². The summed E-state index contributed by atoms with van der Waals surface area (Å²) >= 11 is -5.30. The van der Waals surface area contributed by atoms with E-state index in [0.29, 0.717) is 128 Å². The normalized spacial score (nSPS) is 15.6. The van der Waals surface area contributed by atoms with E-state index in [2.05, 4.69) is 16.0 Å². The van der Waals surface area contributed by atoms with Crippen molar-refractivity contribution in [2.24, 2.45) is 0 Å². The Balaban J connectivity index is 0.000000146. The predicted octanol–water partition coefficient (Wildman–Crippen LogP) is 10.0. The Kier molecular flexibility index (Phi) is 21.1. The maximum atomic E-state index is 13.2. The number of phenols is 3. The summed E-state index contributed by atoms with van der Waals surface area (Å²) in [5.74, 6) is -0.172. The van der Waals surface area contributed by atoms with Crippen LogP contribution in [0.4, 0.5) is 10.5 Å². The van der Waals surface area contributed by atoms with Crippen LogP contribution in [0.5, 0.6) is 17.2 Å². The average Bonchev–Trinajstić information content (AvgIpc) is 0.775. The Morgan fingerprint density at radius 1 is 0.558 bits per heavy atom. The zero-order valence-corrected chi connectivity index (χ0v) is 63.1. The molecule has 0 radical (unpaired) electrons. The number of thioether (sulfide) groups is 1. The van der Waals surface area contributed by atoms with Gasteiger partial charge in [0.15, 0.2) is 0 Å². The SMILES string of the molecule is Cc1c(O)ccc2c(-c3ccc(NC(=O)CCCC[C@@H]4SC[C@@H]5NC(=O)N[C@@H]54)cc3C(=O)O)c3ccc(=O)c([As]4SCCS4)c-3oc12.Cc1c(O)ccc2c(-c3ccccc3C(=O)O)c3ccc(=O)c([As](O)O)c-3oc12.Cc1c(O)ccc2c(-c3ccccc3C(=O)O)c3ccc(=O)c([As]=O)c-3oc12. The molecule has 3 fully saturated rings. The van der Waals surface area contributed by atoms with Crippen LogP contribution in [0.15, 0.2) is 167 Å². The van der Waals surface area contributed by atoms with Crippen molar-refractivity contribution >= 4 is 157 Å². The van der Waals surface area contributed by atoms with Crippen LogP contribution in [0.3, 0.4) is 0 Å². The Morgan fingerprint density at radius 2 is 1.03 bits per heavy atom. The molecule has 528 valence electrons. The average molecular weight is 1640 g/mol. The van der Waals surface area contributed by atoms with Crippen molar-refractivity contribution in [2.45, 2.75) is 63.8 Å². The number of benzene rings is 9. The molecule has 9 aliphatic rings. The van der Waals surface area contributed by atoms with Gasteiger partial charge in [-0.1, -0.05) is 6.42 Å². The van der Waals surface area contributed by atoms with Crippen LogP contribution in [-0.2, 0) is 8.53 Å². The van der Waals surface area contributed by atoms with Crippen molar-refractivity contribution in [1.82, 2.24) is 10.6 Å². The number of fused-ring (bicyclic) bond motifs is 7. The third-order valence-electron chi connectivity index (χ3n) is 18.4. The van der Waals surface area contributed by atoms with Gasteiger partial charge in [0, 0.05) is 11.0 Å². The molecule has 3 aliphatic carbocycles. The first-order chi connectivity index (χ1) is 49.9. The van der Waals surface area contributed by atoms with Crippen LogP contribution in [0.25, 0.3) is 100 Å². The first-order valence-corrected chi connectivity index (χ1v) is 45.0. The number of aromatic hydroxyl groups is 3. The fraction of sp³-hybridized carbons (Fsp3) is 0.173. The quantitative estimate of drug-likeness (QED) is 0.0197. The van der Waals surface area contributed by atoms with Crippen molar-refractivity contribution in [3.63, 3.8) is 0 Å². The Morgan fingerprint density at radius 3 is 1.56 bits per heavy atom. The zero-order valence-electron chi connectivity index (χ0n) is 55.0. The number of carbonyl (C=O) groups excluding carboxylic acids is 2. The molecule has 0 saturated carbocycles.